The Labute approximate surface area is 261 Å². The summed E-state index contributed by atoms with van der Waals surface area (Å²) in [5.74, 6) is -2.17. The Kier molecular flexibility index (Phi) is 11.9. The molecule has 14 nitrogen and oxygen atoms in total. The lowest BCUT2D eigenvalue weighted by molar-refractivity contribution is -0.139. The molecule has 0 aliphatic carbocycles. The number of carbonyl (C=O) groups is 5. The smallest absolute Gasteiger partial charge is 0.409 e. The van der Waals surface area contributed by atoms with Crippen molar-refractivity contribution in [3.8, 4) is 5.75 Å². The van der Waals surface area contributed by atoms with Crippen LogP contribution in [0.15, 0.2) is 30.3 Å². The molecule has 2 aliphatic heterocycles. The second-order valence-electron chi connectivity index (χ2n) is 11.0. The van der Waals surface area contributed by atoms with Gasteiger partial charge in [-0.3, -0.25) is 19.2 Å². The number of aromatic nitrogens is 1. The van der Waals surface area contributed by atoms with Crippen molar-refractivity contribution in [3.05, 3.63) is 36.0 Å². The van der Waals surface area contributed by atoms with Crippen molar-refractivity contribution >= 4 is 40.7 Å². The van der Waals surface area contributed by atoms with Gasteiger partial charge in [-0.2, -0.15) is 0 Å². The van der Waals surface area contributed by atoms with Crippen molar-refractivity contribution in [1.82, 2.24) is 25.0 Å². The lowest BCUT2D eigenvalue weighted by atomic mass is 10.0. The third kappa shape index (κ3) is 8.81. The maximum Gasteiger partial charge on any atom is 0.409 e. The number of fused-ring (bicyclic) bond motifs is 1. The summed E-state index contributed by atoms with van der Waals surface area (Å²) in [4.78, 5) is 72.7. The van der Waals surface area contributed by atoms with Gasteiger partial charge in [0, 0.05) is 57.7 Å². The zero-order chi connectivity index (χ0) is 32.3. The highest BCUT2D eigenvalue weighted by Crippen LogP contribution is 2.26. The van der Waals surface area contributed by atoms with Crippen molar-refractivity contribution in [1.29, 1.82) is 0 Å². The van der Waals surface area contributed by atoms with E-state index in [1.165, 1.54) is 15.9 Å². The number of likely N-dealkylation sites (tertiary alicyclic amines) is 1. The Balaban J connectivity index is 1.49. The lowest BCUT2D eigenvalue weighted by Gasteiger charge is -2.36. The number of carboxylic acids is 1. The van der Waals surface area contributed by atoms with Crippen LogP contribution in [0.1, 0.15) is 49.5 Å². The summed E-state index contributed by atoms with van der Waals surface area (Å²) in [6, 6.07) is 7.28. The van der Waals surface area contributed by atoms with Gasteiger partial charge < -0.3 is 39.3 Å². The first-order valence-corrected chi connectivity index (χ1v) is 15.3. The van der Waals surface area contributed by atoms with E-state index in [4.69, 9.17) is 14.2 Å². The van der Waals surface area contributed by atoms with E-state index in [1.54, 1.807) is 43.2 Å². The summed E-state index contributed by atoms with van der Waals surface area (Å²) in [5, 5.41) is 12.6. The van der Waals surface area contributed by atoms with Crippen LogP contribution in [0.2, 0.25) is 0 Å². The highest BCUT2D eigenvalue weighted by molar-refractivity contribution is 5.99. The number of amides is 4. The number of pyridine rings is 1. The number of methoxy groups -OCH3 is 1. The topological polar surface area (TPSA) is 168 Å². The van der Waals surface area contributed by atoms with E-state index in [0.717, 1.165) is 19.3 Å². The average Bonchev–Trinajstić information content (AvgIpc) is 3.05. The first-order chi connectivity index (χ1) is 21.7. The molecule has 1 unspecified atom stereocenters. The van der Waals surface area contributed by atoms with Crippen LogP contribution >= 0.6 is 0 Å². The molecular weight excluding hydrogens is 586 g/mol. The van der Waals surface area contributed by atoms with Gasteiger partial charge >= 0.3 is 12.1 Å². The lowest BCUT2D eigenvalue weighted by Crippen LogP contribution is -2.56. The molecule has 2 aromatic rings. The van der Waals surface area contributed by atoms with Crippen LogP contribution in [-0.4, -0.2) is 126 Å². The largest absolute Gasteiger partial charge is 0.483 e. The zero-order valence-electron chi connectivity index (χ0n) is 25.7. The fraction of sp³-hybridized carbons (Fsp3) is 0.548. The molecule has 0 spiro atoms. The van der Waals surface area contributed by atoms with Crippen molar-refractivity contribution in [3.63, 3.8) is 0 Å². The van der Waals surface area contributed by atoms with Gasteiger partial charge in [0.05, 0.1) is 24.8 Å². The van der Waals surface area contributed by atoms with Crippen molar-refractivity contribution in [2.24, 2.45) is 0 Å². The van der Waals surface area contributed by atoms with Crippen LogP contribution in [0.5, 0.6) is 5.75 Å². The summed E-state index contributed by atoms with van der Waals surface area (Å²) in [6.07, 6.45) is 1.82. The Bertz CT molecular complexity index is 1380. The molecular formula is C31H41N5O9. The molecule has 0 bridgehead atoms. The molecule has 3 heterocycles. The molecule has 14 heteroatoms. The molecule has 2 atom stereocenters. The van der Waals surface area contributed by atoms with E-state index in [9.17, 15) is 29.1 Å². The predicted octanol–water partition coefficient (Wildman–Crippen LogP) is 1.91. The Hall–Kier alpha value is -4.46. The van der Waals surface area contributed by atoms with E-state index in [1.807, 2.05) is 0 Å². The van der Waals surface area contributed by atoms with Gasteiger partial charge in [-0.15, -0.1) is 0 Å². The van der Waals surface area contributed by atoms with Gasteiger partial charge in [-0.1, -0.05) is 12.1 Å². The summed E-state index contributed by atoms with van der Waals surface area (Å²) < 4.78 is 16.3. The van der Waals surface area contributed by atoms with E-state index in [-0.39, 0.29) is 75.6 Å². The first-order valence-electron chi connectivity index (χ1n) is 15.3. The number of ether oxygens (including phenoxy) is 3. The summed E-state index contributed by atoms with van der Waals surface area (Å²) in [5.41, 5.74) is 0.401. The van der Waals surface area contributed by atoms with E-state index < -0.39 is 29.9 Å². The number of hydrogen-bond donors (Lipinski definition) is 2. The molecule has 45 heavy (non-hydrogen) atoms. The molecule has 2 fully saturated rings. The van der Waals surface area contributed by atoms with Gasteiger partial charge in [0.1, 0.15) is 17.5 Å². The molecule has 4 amide bonds. The zero-order valence-corrected chi connectivity index (χ0v) is 25.7. The van der Waals surface area contributed by atoms with Crippen LogP contribution in [0, 0.1) is 0 Å². The van der Waals surface area contributed by atoms with Crippen LogP contribution in [0.4, 0.5) is 4.79 Å². The normalized spacial score (nSPS) is 17.5. The van der Waals surface area contributed by atoms with Crippen molar-refractivity contribution < 1.29 is 43.3 Å². The third-order valence-corrected chi connectivity index (χ3v) is 7.94. The highest BCUT2D eigenvalue weighted by atomic mass is 16.6. The second-order valence-corrected chi connectivity index (χ2v) is 11.0. The summed E-state index contributed by atoms with van der Waals surface area (Å²) >= 11 is 0. The molecule has 0 saturated carbocycles. The molecule has 2 N–H and O–H groups in total. The molecule has 0 radical (unpaired) electrons. The SMILES string of the molecule is CCOC(=O)N1CCN(C(=O)[C@H](CCC(=O)O)NC(=O)c2cc(OCC(=O)N3CCCCC3COC)c3ccccc3n2)CC1. The van der Waals surface area contributed by atoms with Crippen LogP contribution in [0.25, 0.3) is 10.9 Å². The number of piperidine rings is 1. The fourth-order valence-electron chi connectivity index (χ4n) is 5.60. The number of rotatable bonds is 12. The van der Waals surface area contributed by atoms with Crippen LogP contribution in [-0.2, 0) is 23.9 Å². The second kappa shape index (κ2) is 16.0. The first kappa shape index (κ1) is 33.4. The number of piperazine rings is 1. The molecule has 1 aromatic carbocycles. The van der Waals surface area contributed by atoms with Crippen molar-refractivity contribution in [2.75, 3.05) is 59.7 Å². The van der Waals surface area contributed by atoms with Gasteiger partial charge in [-0.05, 0) is 44.7 Å². The Morgan fingerprint density at radius 3 is 2.49 bits per heavy atom. The fourth-order valence-corrected chi connectivity index (χ4v) is 5.60. The minimum atomic E-state index is -1.14. The summed E-state index contributed by atoms with van der Waals surface area (Å²) in [6.45, 7) is 3.67. The summed E-state index contributed by atoms with van der Waals surface area (Å²) in [7, 11) is 1.61. The van der Waals surface area contributed by atoms with Gasteiger partial charge in [0.2, 0.25) is 5.91 Å². The number of benzene rings is 1. The number of hydrogen-bond acceptors (Lipinski definition) is 9. The molecule has 2 aliphatic rings. The Morgan fingerprint density at radius 2 is 1.78 bits per heavy atom. The minimum absolute atomic E-state index is 0.0243. The van der Waals surface area contributed by atoms with Gasteiger partial charge in [-0.25, -0.2) is 9.78 Å². The number of nitrogens with zero attached hydrogens (tertiary/aromatic N) is 4. The van der Waals surface area contributed by atoms with Gasteiger partial charge in [0.15, 0.2) is 6.61 Å². The van der Waals surface area contributed by atoms with E-state index in [2.05, 4.69) is 10.3 Å². The third-order valence-electron chi connectivity index (χ3n) is 7.94. The van der Waals surface area contributed by atoms with Crippen molar-refractivity contribution in [2.45, 2.75) is 51.1 Å². The number of nitrogens with one attached hydrogen (secondary N) is 1. The predicted molar refractivity (Wildman–Crippen MR) is 162 cm³/mol. The van der Waals surface area contributed by atoms with E-state index >= 15 is 0 Å². The number of carboxylic acid groups (broad SMARTS) is 1. The average molecular weight is 628 g/mol. The minimum Gasteiger partial charge on any atom is -0.483 e. The quantitative estimate of drug-likeness (QED) is 0.355. The number of aliphatic carboxylic acids is 1. The van der Waals surface area contributed by atoms with E-state index in [0.29, 0.717) is 24.1 Å². The van der Waals surface area contributed by atoms with Crippen LogP contribution < -0.4 is 10.1 Å². The number of para-hydroxylation sites is 1. The standard InChI is InChI=1S/C31H41N5O9/c1-3-44-31(42)35-16-14-34(15-17-35)30(41)24(11-12-28(38)39)33-29(40)25-18-26(22-9-4-5-10-23(22)32-25)45-20-27(37)36-13-7-6-8-21(36)19-43-2/h4-5,9-10,18,21,24H,3,6-8,11-17,19-20H2,1-2H3,(H,33,40)(H,38,39)/t21?,24-/m0/s1. The monoisotopic (exact) mass is 627 g/mol. The molecule has 4 rings (SSSR count). The van der Waals surface area contributed by atoms with Gasteiger partial charge in [0.25, 0.3) is 11.8 Å². The molecule has 2 saturated heterocycles. The van der Waals surface area contributed by atoms with Crippen LogP contribution in [0.3, 0.4) is 0 Å². The maximum atomic E-state index is 13.5. The number of carbonyl (C=O) groups excluding carboxylic acids is 4. The molecule has 1 aromatic heterocycles. The Morgan fingerprint density at radius 1 is 1.04 bits per heavy atom. The molecule has 244 valence electrons. The highest BCUT2D eigenvalue weighted by Gasteiger charge is 2.32. The maximum absolute atomic E-state index is 13.5.